The van der Waals surface area contributed by atoms with Gasteiger partial charge in [-0.25, -0.2) is 4.79 Å². The van der Waals surface area contributed by atoms with Crippen LogP contribution in [0.4, 0.5) is 4.79 Å². The minimum atomic E-state index is -0.390. The van der Waals surface area contributed by atoms with E-state index in [0.29, 0.717) is 19.5 Å². The van der Waals surface area contributed by atoms with Crippen molar-refractivity contribution in [1.29, 1.82) is 0 Å². The van der Waals surface area contributed by atoms with Gasteiger partial charge in [0, 0.05) is 13.1 Å². The Hall–Kier alpha value is -3.23. The Kier molecular flexibility index (Phi) is 3.68. The quantitative estimate of drug-likeness (QED) is 0.795. The van der Waals surface area contributed by atoms with E-state index in [1.165, 1.54) is 15.9 Å². The number of likely N-dealkylation sites (tertiary alicyclic amines) is 1. The summed E-state index contributed by atoms with van der Waals surface area (Å²) in [5.74, 6) is -0.504. The molecule has 0 radical (unpaired) electrons. The molecule has 1 N–H and O–H groups in total. The molecular formula is C16H16N6O3. The SMILES string of the molecule is O=C(c1cnn(-c2ccccc2)n1)N1CCC(N2C(=O)CNC2=O)C1. The predicted molar refractivity (Wildman–Crippen MR) is 85.9 cm³/mol. The lowest BCUT2D eigenvalue weighted by Crippen LogP contribution is -2.43. The van der Waals surface area contributed by atoms with Crippen LogP contribution in [0.5, 0.6) is 0 Å². The molecule has 2 aliphatic heterocycles. The highest BCUT2D eigenvalue weighted by atomic mass is 16.2. The van der Waals surface area contributed by atoms with E-state index in [2.05, 4.69) is 15.5 Å². The van der Waals surface area contributed by atoms with Gasteiger partial charge in [0.25, 0.3) is 5.91 Å². The number of carbonyl (C=O) groups excluding carboxylic acids is 3. The minimum Gasteiger partial charge on any atom is -0.335 e. The molecule has 4 rings (SSSR count). The summed E-state index contributed by atoms with van der Waals surface area (Å²) in [5.41, 5.74) is 1.00. The molecule has 128 valence electrons. The Labute approximate surface area is 143 Å². The summed E-state index contributed by atoms with van der Waals surface area (Å²) in [4.78, 5) is 40.4. The van der Waals surface area contributed by atoms with Gasteiger partial charge in [0.05, 0.1) is 24.5 Å². The number of benzene rings is 1. The van der Waals surface area contributed by atoms with Crippen LogP contribution in [0.15, 0.2) is 36.5 Å². The average Bonchev–Trinajstić information content (AvgIpc) is 3.35. The smallest absolute Gasteiger partial charge is 0.324 e. The lowest BCUT2D eigenvalue weighted by molar-refractivity contribution is -0.126. The number of nitrogens with one attached hydrogen (secondary N) is 1. The number of imide groups is 1. The van der Waals surface area contributed by atoms with Gasteiger partial charge >= 0.3 is 6.03 Å². The topological polar surface area (TPSA) is 100 Å². The third-order valence-corrected chi connectivity index (χ3v) is 4.39. The van der Waals surface area contributed by atoms with Gasteiger partial charge in [-0.2, -0.15) is 9.90 Å². The van der Waals surface area contributed by atoms with Crippen molar-refractivity contribution in [3.05, 3.63) is 42.2 Å². The highest BCUT2D eigenvalue weighted by Crippen LogP contribution is 2.19. The standard InChI is InChI=1S/C16H16N6O3/c23-14-9-17-16(25)21(14)12-6-7-20(10-12)15(24)13-8-18-22(19-13)11-4-2-1-3-5-11/h1-5,8,12H,6-7,9-10H2,(H,17,25). The Balaban J connectivity index is 1.46. The molecule has 3 heterocycles. The molecule has 2 fully saturated rings. The molecule has 0 saturated carbocycles. The highest BCUT2D eigenvalue weighted by Gasteiger charge is 2.40. The fraction of sp³-hybridized carbons (Fsp3) is 0.312. The first-order valence-corrected chi connectivity index (χ1v) is 8.00. The number of nitrogens with zero attached hydrogens (tertiary/aromatic N) is 5. The van der Waals surface area contributed by atoms with Gasteiger partial charge in [-0.1, -0.05) is 18.2 Å². The second-order valence-electron chi connectivity index (χ2n) is 5.97. The van der Waals surface area contributed by atoms with Gasteiger partial charge in [-0.15, -0.1) is 5.10 Å². The van der Waals surface area contributed by atoms with Gasteiger partial charge in [0.1, 0.15) is 0 Å². The summed E-state index contributed by atoms with van der Waals surface area (Å²) in [7, 11) is 0. The Morgan fingerprint density at radius 1 is 1.20 bits per heavy atom. The van der Waals surface area contributed by atoms with Crippen LogP contribution >= 0.6 is 0 Å². The largest absolute Gasteiger partial charge is 0.335 e. The first-order valence-electron chi connectivity index (χ1n) is 8.00. The molecule has 1 aromatic heterocycles. The number of para-hydroxylation sites is 1. The molecule has 25 heavy (non-hydrogen) atoms. The number of amides is 4. The molecule has 2 aliphatic rings. The van der Waals surface area contributed by atoms with Crippen molar-refractivity contribution in [2.75, 3.05) is 19.6 Å². The van der Waals surface area contributed by atoms with E-state index in [4.69, 9.17) is 0 Å². The Bertz CT molecular complexity index is 817. The molecule has 9 nitrogen and oxygen atoms in total. The van der Waals surface area contributed by atoms with Crippen molar-refractivity contribution in [2.45, 2.75) is 12.5 Å². The Morgan fingerprint density at radius 3 is 2.72 bits per heavy atom. The van der Waals surface area contributed by atoms with Crippen molar-refractivity contribution in [3.8, 4) is 5.69 Å². The van der Waals surface area contributed by atoms with E-state index in [9.17, 15) is 14.4 Å². The summed E-state index contributed by atoms with van der Waals surface area (Å²) in [6.07, 6.45) is 1.99. The normalized spacial score (nSPS) is 20.2. The van der Waals surface area contributed by atoms with Gasteiger partial charge in [-0.3, -0.25) is 14.5 Å². The van der Waals surface area contributed by atoms with E-state index in [1.54, 1.807) is 4.90 Å². The third-order valence-electron chi connectivity index (χ3n) is 4.39. The van der Waals surface area contributed by atoms with E-state index in [0.717, 1.165) is 5.69 Å². The number of carbonyl (C=O) groups is 3. The van der Waals surface area contributed by atoms with Gasteiger partial charge in [0.15, 0.2) is 5.69 Å². The number of hydrogen-bond acceptors (Lipinski definition) is 5. The van der Waals surface area contributed by atoms with Gasteiger partial charge < -0.3 is 10.2 Å². The predicted octanol–water partition coefficient (Wildman–Crippen LogP) is 0.0336. The molecule has 0 aliphatic carbocycles. The van der Waals surface area contributed by atoms with Crippen LogP contribution < -0.4 is 5.32 Å². The molecule has 0 bridgehead atoms. The van der Waals surface area contributed by atoms with Crippen molar-refractivity contribution >= 4 is 17.8 Å². The zero-order valence-electron chi connectivity index (χ0n) is 13.3. The number of aromatic nitrogens is 3. The molecule has 1 unspecified atom stereocenters. The molecule has 2 aromatic rings. The fourth-order valence-corrected chi connectivity index (χ4v) is 3.15. The highest BCUT2D eigenvalue weighted by molar-refractivity contribution is 6.02. The van der Waals surface area contributed by atoms with Crippen LogP contribution in [0.2, 0.25) is 0 Å². The summed E-state index contributed by atoms with van der Waals surface area (Å²) in [6, 6.07) is 8.63. The van der Waals surface area contributed by atoms with E-state index < -0.39 is 0 Å². The second kappa shape index (κ2) is 6.00. The van der Waals surface area contributed by atoms with Crippen molar-refractivity contribution in [2.24, 2.45) is 0 Å². The maximum atomic E-state index is 12.6. The van der Waals surface area contributed by atoms with E-state index in [-0.39, 0.29) is 36.1 Å². The van der Waals surface area contributed by atoms with Crippen molar-refractivity contribution in [3.63, 3.8) is 0 Å². The number of urea groups is 1. The zero-order chi connectivity index (χ0) is 17.4. The van der Waals surface area contributed by atoms with Crippen LogP contribution in [-0.2, 0) is 4.79 Å². The summed E-state index contributed by atoms with van der Waals surface area (Å²) in [6.45, 7) is 0.809. The fourth-order valence-electron chi connectivity index (χ4n) is 3.15. The van der Waals surface area contributed by atoms with Gasteiger partial charge in [-0.05, 0) is 18.6 Å². The molecule has 9 heteroatoms. The average molecular weight is 340 g/mol. The molecule has 1 atom stereocenters. The van der Waals surface area contributed by atoms with Gasteiger partial charge in [0.2, 0.25) is 5.91 Å². The van der Waals surface area contributed by atoms with Crippen LogP contribution in [0, 0.1) is 0 Å². The zero-order valence-corrected chi connectivity index (χ0v) is 13.3. The number of rotatable bonds is 3. The number of hydrogen-bond donors (Lipinski definition) is 1. The third kappa shape index (κ3) is 2.73. The van der Waals surface area contributed by atoms with Crippen LogP contribution in [-0.4, -0.2) is 68.3 Å². The minimum absolute atomic E-state index is 0.0225. The van der Waals surface area contributed by atoms with Crippen LogP contribution in [0.25, 0.3) is 5.69 Å². The summed E-state index contributed by atoms with van der Waals surface area (Å²) >= 11 is 0. The molecule has 4 amide bonds. The van der Waals surface area contributed by atoms with Crippen LogP contribution in [0.1, 0.15) is 16.9 Å². The monoisotopic (exact) mass is 340 g/mol. The maximum absolute atomic E-state index is 12.6. The van der Waals surface area contributed by atoms with E-state index >= 15 is 0 Å². The van der Waals surface area contributed by atoms with E-state index in [1.807, 2.05) is 30.3 Å². The van der Waals surface area contributed by atoms with Crippen molar-refractivity contribution in [1.82, 2.24) is 30.1 Å². The lowest BCUT2D eigenvalue weighted by Gasteiger charge is -2.21. The van der Waals surface area contributed by atoms with Crippen LogP contribution in [0.3, 0.4) is 0 Å². The van der Waals surface area contributed by atoms with Crippen molar-refractivity contribution < 1.29 is 14.4 Å². The maximum Gasteiger partial charge on any atom is 0.324 e. The lowest BCUT2D eigenvalue weighted by atomic mass is 10.2. The Morgan fingerprint density at radius 2 is 2.00 bits per heavy atom. The molecular weight excluding hydrogens is 324 g/mol. The first-order chi connectivity index (χ1) is 12.1. The molecule has 2 saturated heterocycles. The molecule has 0 spiro atoms. The summed E-state index contributed by atoms with van der Waals surface area (Å²) in [5, 5.41) is 10.9. The second-order valence-corrected chi connectivity index (χ2v) is 5.97. The summed E-state index contributed by atoms with van der Waals surface area (Å²) < 4.78 is 0. The molecule has 1 aromatic carbocycles. The first kappa shape index (κ1) is 15.3.